The number of methoxy groups -OCH3 is 1. The van der Waals surface area contributed by atoms with E-state index in [1.54, 1.807) is 37.5 Å². The second-order valence-electron chi connectivity index (χ2n) is 4.74. The van der Waals surface area contributed by atoms with Crippen molar-refractivity contribution in [2.45, 2.75) is 6.92 Å². The lowest BCUT2D eigenvalue weighted by Gasteiger charge is -2.03. The van der Waals surface area contributed by atoms with Crippen molar-refractivity contribution >= 4 is 23.5 Å². The molecule has 0 fully saturated rings. The molecule has 0 bridgehead atoms. The zero-order valence-electron chi connectivity index (χ0n) is 12.5. The molecule has 0 saturated heterocycles. The Morgan fingerprint density at radius 3 is 2.59 bits per heavy atom. The van der Waals surface area contributed by atoms with Crippen LogP contribution in [0.4, 0.5) is 5.69 Å². The van der Waals surface area contributed by atoms with Crippen LogP contribution >= 0.6 is 0 Å². The van der Waals surface area contributed by atoms with Crippen molar-refractivity contribution in [3.63, 3.8) is 0 Å². The largest absolute Gasteiger partial charge is 0.497 e. The third-order valence-electron chi connectivity index (χ3n) is 2.99. The van der Waals surface area contributed by atoms with Gasteiger partial charge in [0.05, 0.1) is 7.11 Å². The van der Waals surface area contributed by atoms with Gasteiger partial charge in [-0.05, 0) is 35.9 Å². The summed E-state index contributed by atoms with van der Waals surface area (Å²) in [6, 6.07) is 14.3. The number of amides is 1. The first-order valence-corrected chi connectivity index (χ1v) is 6.82. The van der Waals surface area contributed by atoms with Crippen molar-refractivity contribution in [1.29, 1.82) is 0 Å². The van der Waals surface area contributed by atoms with Gasteiger partial charge in [-0.25, -0.2) is 0 Å². The van der Waals surface area contributed by atoms with Crippen molar-refractivity contribution in [1.82, 2.24) is 0 Å². The summed E-state index contributed by atoms with van der Waals surface area (Å²) >= 11 is 0. The molecular formula is C18H17NO3. The minimum absolute atomic E-state index is 0.130. The Bertz CT molecular complexity index is 720. The van der Waals surface area contributed by atoms with Gasteiger partial charge in [-0.3, -0.25) is 9.59 Å². The molecule has 0 aliphatic heterocycles. The second-order valence-corrected chi connectivity index (χ2v) is 4.74. The van der Waals surface area contributed by atoms with E-state index in [0.717, 1.165) is 11.3 Å². The number of allylic oxidation sites excluding steroid dienone is 1. The summed E-state index contributed by atoms with van der Waals surface area (Å²) in [4.78, 5) is 23.2. The average molecular weight is 295 g/mol. The molecule has 0 saturated carbocycles. The summed E-state index contributed by atoms with van der Waals surface area (Å²) in [6.07, 6.45) is 3.23. The minimum atomic E-state index is -0.170. The Labute approximate surface area is 129 Å². The third-order valence-corrected chi connectivity index (χ3v) is 2.99. The van der Waals surface area contributed by atoms with Gasteiger partial charge in [-0.1, -0.05) is 30.3 Å². The van der Waals surface area contributed by atoms with Gasteiger partial charge in [-0.15, -0.1) is 0 Å². The molecule has 0 aliphatic rings. The molecule has 0 aliphatic carbocycles. The van der Waals surface area contributed by atoms with Gasteiger partial charge in [0.2, 0.25) is 5.91 Å². The van der Waals surface area contributed by atoms with Crippen molar-refractivity contribution in [3.8, 4) is 5.75 Å². The molecule has 0 radical (unpaired) electrons. The van der Waals surface area contributed by atoms with Crippen LogP contribution in [0.1, 0.15) is 22.8 Å². The van der Waals surface area contributed by atoms with E-state index in [-0.39, 0.29) is 11.7 Å². The molecule has 22 heavy (non-hydrogen) atoms. The summed E-state index contributed by atoms with van der Waals surface area (Å²) < 4.78 is 5.14. The number of ether oxygens (including phenoxy) is 1. The number of hydrogen-bond acceptors (Lipinski definition) is 3. The van der Waals surface area contributed by atoms with E-state index in [1.807, 2.05) is 24.3 Å². The predicted molar refractivity (Wildman–Crippen MR) is 87.1 cm³/mol. The Hall–Kier alpha value is -2.88. The van der Waals surface area contributed by atoms with E-state index in [2.05, 4.69) is 5.32 Å². The minimum Gasteiger partial charge on any atom is -0.497 e. The van der Waals surface area contributed by atoms with Crippen LogP contribution in [-0.4, -0.2) is 18.8 Å². The Balaban J connectivity index is 2.14. The fourth-order valence-corrected chi connectivity index (χ4v) is 1.97. The number of anilines is 1. The van der Waals surface area contributed by atoms with E-state index in [9.17, 15) is 9.59 Å². The van der Waals surface area contributed by atoms with E-state index in [4.69, 9.17) is 4.74 Å². The predicted octanol–water partition coefficient (Wildman–Crippen LogP) is 3.55. The molecule has 0 unspecified atom stereocenters. The number of carbonyl (C=O) groups excluding carboxylic acids is 2. The quantitative estimate of drug-likeness (QED) is 0.678. The first-order valence-electron chi connectivity index (χ1n) is 6.82. The maximum Gasteiger partial charge on any atom is 0.221 e. The third kappa shape index (κ3) is 4.31. The molecule has 0 heterocycles. The number of benzene rings is 2. The van der Waals surface area contributed by atoms with Crippen LogP contribution in [-0.2, 0) is 4.79 Å². The Kier molecular flexibility index (Phi) is 5.09. The van der Waals surface area contributed by atoms with Crippen LogP contribution in [0.3, 0.4) is 0 Å². The zero-order valence-corrected chi connectivity index (χ0v) is 12.5. The van der Waals surface area contributed by atoms with Crippen LogP contribution in [0.15, 0.2) is 54.6 Å². The summed E-state index contributed by atoms with van der Waals surface area (Å²) in [5.74, 6) is 0.439. The molecule has 0 spiro atoms. The van der Waals surface area contributed by atoms with Crippen LogP contribution in [0.25, 0.3) is 6.08 Å². The molecule has 1 amide bonds. The maximum atomic E-state index is 12.2. The number of hydrogen-bond donors (Lipinski definition) is 1. The van der Waals surface area contributed by atoms with Gasteiger partial charge in [0.15, 0.2) is 5.78 Å². The van der Waals surface area contributed by atoms with E-state index in [0.29, 0.717) is 11.3 Å². The highest BCUT2D eigenvalue weighted by atomic mass is 16.5. The summed E-state index contributed by atoms with van der Waals surface area (Å²) in [7, 11) is 1.60. The highest BCUT2D eigenvalue weighted by molar-refractivity contribution is 6.07. The van der Waals surface area contributed by atoms with Crippen molar-refractivity contribution in [3.05, 3.63) is 65.7 Å². The fraction of sp³-hybridized carbons (Fsp3) is 0.111. The van der Waals surface area contributed by atoms with Gasteiger partial charge in [-0.2, -0.15) is 0 Å². The Morgan fingerprint density at radius 2 is 1.86 bits per heavy atom. The van der Waals surface area contributed by atoms with Gasteiger partial charge in [0.1, 0.15) is 5.75 Å². The topological polar surface area (TPSA) is 55.4 Å². The van der Waals surface area contributed by atoms with Crippen LogP contribution in [0.2, 0.25) is 0 Å². The average Bonchev–Trinajstić information content (AvgIpc) is 2.52. The smallest absolute Gasteiger partial charge is 0.221 e. The molecule has 0 atom stereocenters. The molecule has 4 heteroatoms. The van der Waals surface area contributed by atoms with Crippen LogP contribution < -0.4 is 10.1 Å². The van der Waals surface area contributed by atoms with Gasteiger partial charge < -0.3 is 10.1 Å². The van der Waals surface area contributed by atoms with E-state index < -0.39 is 0 Å². The number of rotatable bonds is 5. The number of carbonyl (C=O) groups is 2. The molecule has 2 aromatic rings. The lowest BCUT2D eigenvalue weighted by atomic mass is 10.1. The Morgan fingerprint density at radius 1 is 1.09 bits per heavy atom. The highest BCUT2D eigenvalue weighted by Crippen LogP contribution is 2.15. The lowest BCUT2D eigenvalue weighted by Crippen LogP contribution is -2.06. The maximum absolute atomic E-state index is 12.2. The molecule has 4 nitrogen and oxygen atoms in total. The summed E-state index contributed by atoms with van der Waals surface area (Å²) in [5.41, 5.74) is 2.00. The number of nitrogens with one attached hydrogen (secondary N) is 1. The van der Waals surface area contributed by atoms with Crippen molar-refractivity contribution in [2.75, 3.05) is 12.4 Å². The van der Waals surface area contributed by atoms with Crippen LogP contribution in [0.5, 0.6) is 5.75 Å². The molecule has 2 aromatic carbocycles. The lowest BCUT2D eigenvalue weighted by molar-refractivity contribution is -0.114. The second kappa shape index (κ2) is 7.22. The fourth-order valence-electron chi connectivity index (χ4n) is 1.97. The SMILES string of the molecule is COc1cccc(C=CC(=O)c2cccc(NC(C)=O)c2)c1. The molecular weight excluding hydrogens is 278 g/mol. The van der Waals surface area contributed by atoms with Crippen LogP contribution in [0, 0.1) is 0 Å². The molecule has 112 valence electrons. The van der Waals surface area contributed by atoms with Crippen molar-refractivity contribution in [2.24, 2.45) is 0 Å². The molecule has 0 aromatic heterocycles. The van der Waals surface area contributed by atoms with E-state index >= 15 is 0 Å². The highest BCUT2D eigenvalue weighted by Gasteiger charge is 2.04. The first kappa shape index (κ1) is 15.5. The standard InChI is InChI=1S/C18H17NO3/c1-13(20)19-16-7-4-6-15(12-16)18(21)10-9-14-5-3-8-17(11-14)22-2/h3-12H,1-2H3,(H,19,20). The van der Waals surface area contributed by atoms with Crippen molar-refractivity contribution < 1.29 is 14.3 Å². The first-order chi connectivity index (χ1) is 10.6. The summed E-state index contributed by atoms with van der Waals surface area (Å²) in [5, 5.41) is 2.66. The normalized spacial score (nSPS) is 10.5. The van der Waals surface area contributed by atoms with Gasteiger partial charge in [0, 0.05) is 18.2 Å². The van der Waals surface area contributed by atoms with Gasteiger partial charge >= 0.3 is 0 Å². The summed E-state index contributed by atoms with van der Waals surface area (Å²) in [6.45, 7) is 1.43. The molecule has 2 rings (SSSR count). The molecule has 1 N–H and O–H groups in total. The zero-order chi connectivity index (χ0) is 15.9. The number of ketones is 1. The monoisotopic (exact) mass is 295 g/mol. The van der Waals surface area contributed by atoms with E-state index in [1.165, 1.54) is 13.0 Å². The van der Waals surface area contributed by atoms with Gasteiger partial charge in [0.25, 0.3) is 0 Å².